The van der Waals surface area contributed by atoms with Crippen LogP contribution in [0, 0.1) is 5.92 Å². The topological polar surface area (TPSA) is 34.0 Å². The fourth-order valence-electron chi connectivity index (χ4n) is 6.05. The Labute approximate surface area is 220 Å². The fourth-order valence-corrected chi connectivity index (χ4v) is 6.05. The van der Waals surface area contributed by atoms with Gasteiger partial charge in [0.25, 0.3) is 0 Å². The largest absolute Gasteiger partial charge is 0.416 e. The number of hydrogen-bond acceptors (Lipinski definition) is 3. The number of piperidine rings is 1. The molecule has 2 fully saturated rings. The maximum atomic E-state index is 12.9. The number of aromatic nitrogens is 3. The van der Waals surface area contributed by atoms with Crippen LogP contribution in [0.4, 0.5) is 13.2 Å². The summed E-state index contributed by atoms with van der Waals surface area (Å²) in [4.78, 5) is 2.48. The Morgan fingerprint density at radius 3 is 2.49 bits per heavy atom. The van der Waals surface area contributed by atoms with Gasteiger partial charge in [-0.25, -0.2) is 0 Å². The van der Waals surface area contributed by atoms with Gasteiger partial charge in [0.2, 0.25) is 0 Å². The highest BCUT2D eigenvalue weighted by Crippen LogP contribution is 2.59. The van der Waals surface area contributed by atoms with E-state index in [1.54, 1.807) is 12.1 Å². The summed E-state index contributed by atoms with van der Waals surface area (Å²) in [6.45, 7) is 2.99. The minimum Gasteiger partial charge on any atom is -0.314 e. The third-order valence-electron chi connectivity index (χ3n) is 8.12. The SMILES string of the molecule is Cl.Cn1c(CCCCN2C[C@@H]3C[C@]3(c3ccc(C(F)(F)F)cc3)C2)nnc1-c1cccc2ccccc12. The monoisotopic (exact) mass is 526 g/mol. The van der Waals surface area contributed by atoms with Crippen LogP contribution in [-0.4, -0.2) is 39.3 Å². The average molecular weight is 527 g/mol. The molecule has 0 bridgehead atoms. The molecular formula is C29H30ClF3N4. The van der Waals surface area contributed by atoms with Gasteiger partial charge in [-0.2, -0.15) is 13.2 Å². The summed E-state index contributed by atoms with van der Waals surface area (Å²) in [5.41, 5.74) is 1.64. The van der Waals surface area contributed by atoms with Crippen molar-refractivity contribution in [3.8, 4) is 11.4 Å². The maximum Gasteiger partial charge on any atom is 0.416 e. The number of hydrogen-bond donors (Lipinski definition) is 0. The first-order chi connectivity index (χ1) is 17.3. The minimum absolute atomic E-state index is 0. The number of likely N-dealkylation sites (tertiary alicyclic amines) is 1. The quantitative estimate of drug-likeness (QED) is 0.252. The lowest BCUT2D eigenvalue weighted by Gasteiger charge is -2.21. The minimum atomic E-state index is -4.28. The van der Waals surface area contributed by atoms with Crippen molar-refractivity contribution < 1.29 is 13.2 Å². The molecule has 1 saturated carbocycles. The number of benzene rings is 3. The second kappa shape index (κ2) is 9.76. The Hall–Kier alpha value is -2.90. The van der Waals surface area contributed by atoms with Crippen molar-refractivity contribution in [2.24, 2.45) is 13.0 Å². The Balaban J connectivity index is 0.00000280. The van der Waals surface area contributed by atoms with E-state index in [1.807, 2.05) is 19.2 Å². The molecule has 1 aliphatic heterocycles. The predicted octanol–water partition coefficient (Wildman–Crippen LogP) is 6.67. The van der Waals surface area contributed by atoms with Gasteiger partial charge in [-0.05, 0) is 60.2 Å². The first-order valence-corrected chi connectivity index (χ1v) is 12.6. The highest BCUT2D eigenvalue weighted by molar-refractivity contribution is 5.95. The smallest absolute Gasteiger partial charge is 0.314 e. The standard InChI is InChI=1S/C29H29F3N4.ClH/c1-35-26(33-34-27(35)25-10-6-8-20-7-2-3-9-24(20)25)11-4-5-16-36-18-23-17-28(23,19-36)21-12-14-22(15-13-21)29(30,31)32;/h2-3,6-10,12-15,23H,4-5,11,16-19H2,1H3;1H/t23-,28+;/m0./s1. The van der Waals surface area contributed by atoms with Gasteiger partial charge in [0.15, 0.2) is 5.82 Å². The molecule has 1 aliphatic carbocycles. The van der Waals surface area contributed by atoms with Gasteiger partial charge in [-0.3, -0.25) is 0 Å². The van der Waals surface area contributed by atoms with E-state index in [-0.39, 0.29) is 17.8 Å². The van der Waals surface area contributed by atoms with Crippen LogP contribution in [0.1, 0.15) is 36.2 Å². The van der Waals surface area contributed by atoms with Crippen LogP contribution in [-0.2, 0) is 25.1 Å². The number of nitrogens with zero attached hydrogens (tertiary/aromatic N) is 4. The van der Waals surface area contributed by atoms with Gasteiger partial charge in [0, 0.05) is 37.5 Å². The van der Waals surface area contributed by atoms with E-state index in [0.717, 1.165) is 68.1 Å². The van der Waals surface area contributed by atoms with E-state index in [9.17, 15) is 13.2 Å². The molecule has 3 aromatic carbocycles. The molecule has 6 rings (SSSR count). The Morgan fingerprint density at radius 2 is 1.70 bits per heavy atom. The Morgan fingerprint density at radius 1 is 0.946 bits per heavy atom. The predicted molar refractivity (Wildman–Crippen MR) is 142 cm³/mol. The summed E-state index contributed by atoms with van der Waals surface area (Å²) >= 11 is 0. The second-order valence-electron chi connectivity index (χ2n) is 10.4. The van der Waals surface area contributed by atoms with Gasteiger partial charge < -0.3 is 9.47 Å². The number of unbranched alkanes of at least 4 members (excludes halogenated alkanes) is 1. The Bertz CT molecular complexity index is 1390. The van der Waals surface area contributed by atoms with Crippen molar-refractivity contribution in [2.45, 2.75) is 37.3 Å². The van der Waals surface area contributed by atoms with E-state index in [2.05, 4.69) is 50.0 Å². The maximum absolute atomic E-state index is 12.9. The van der Waals surface area contributed by atoms with Crippen molar-refractivity contribution in [3.05, 3.63) is 83.7 Å². The van der Waals surface area contributed by atoms with Crippen LogP contribution in [0.2, 0.25) is 0 Å². The third kappa shape index (κ3) is 4.75. The van der Waals surface area contributed by atoms with Gasteiger partial charge in [0.05, 0.1) is 5.56 Å². The average Bonchev–Trinajstić information content (AvgIpc) is 3.25. The van der Waals surface area contributed by atoms with E-state index in [4.69, 9.17) is 0 Å². The molecular weight excluding hydrogens is 497 g/mol. The van der Waals surface area contributed by atoms with Gasteiger partial charge in [-0.1, -0.05) is 54.6 Å². The summed E-state index contributed by atoms with van der Waals surface area (Å²) in [5.74, 6) is 2.44. The van der Waals surface area contributed by atoms with Crippen LogP contribution >= 0.6 is 12.4 Å². The number of fused-ring (bicyclic) bond motifs is 2. The number of aryl methyl sites for hydroxylation is 1. The first-order valence-electron chi connectivity index (χ1n) is 12.6. The fraction of sp³-hybridized carbons (Fsp3) is 0.379. The van der Waals surface area contributed by atoms with Crippen molar-refractivity contribution in [1.29, 1.82) is 0 Å². The lowest BCUT2D eigenvalue weighted by atomic mass is 9.94. The van der Waals surface area contributed by atoms with Gasteiger partial charge in [0.1, 0.15) is 5.82 Å². The molecule has 194 valence electrons. The molecule has 0 spiro atoms. The zero-order valence-corrected chi connectivity index (χ0v) is 21.5. The van der Waals surface area contributed by atoms with Crippen molar-refractivity contribution in [3.63, 3.8) is 0 Å². The molecule has 2 atom stereocenters. The molecule has 2 aliphatic rings. The van der Waals surface area contributed by atoms with E-state index in [1.165, 1.54) is 22.9 Å². The van der Waals surface area contributed by atoms with Crippen LogP contribution in [0.15, 0.2) is 66.7 Å². The molecule has 0 amide bonds. The molecule has 1 aromatic heterocycles. The van der Waals surface area contributed by atoms with E-state index >= 15 is 0 Å². The Kier molecular flexibility index (Phi) is 6.79. The van der Waals surface area contributed by atoms with Crippen molar-refractivity contribution in [2.75, 3.05) is 19.6 Å². The number of alkyl halides is 3. The summed E-state index contributed by atoms with van der Waals surface area (Å²) in [6, 6.07) is 20.4. The van der Waals surface area contributed by atoms with E-state index in [0.29, 0.717) is 5.92 Å². The van der Waals surface area contributed by atoms with E-state index < -0.39 is 11.7 Å². The second-order valence-corrected chi connectivity index (χ2v) is 10.4. The summed E-state index contributed by atoms with van der Waals surface area (Å²) in [7, 11) is 2.04. The van der Waals surface area contributed by atoms with Crippen LogP contribution in [0.25, 0.3) is 22.2 Å². The number of halogens is 4. The molecule has 0 N–H and O–H groups in total. The molecule has 4 nitrogen and oxygen atoms in total. The first kappa shape index (κ1) is 25.7. The zero-order chi connectivity index (χ0) is 24.9. The summed E-state index contributed by atoms with van der Waals surface area (Å²) < 4.78 is 40.9. The summed E-state index contributed by atoms with van der Waals surface area (Å²) in [6.07, 6.45) is -0.234. The third-order valence-corrected chi connectivity index (χ3v) is 8.12. The van der Waals surface area contributed by atoms with Crippen LogP contribution < -0.4 is 0 Å². The van der Waals surface area contributed by atoms with Crippen molar-refractivity contribution >= 4 is 23.2 Å². The summed E-state index contributed by atoms with van der Waals surface area (Å²) in [5, 5.41) is 11.4. The highest BCUT2D eigenvalue weighted by atomic mass is 35.5. The lowest BCUT2D eigenvalue weighted by Crippen LogP contribution is -2.27. The molecule has 0 unspecified atom stereocenters. The van der Waals surface area contributed by atoms with Crippen molar-refractivity contribution in [1.82, 2.24) is 19.7 Å². The molecule has 8 heteroatoms. The van der Waals surface area contributed by atoms with Gasteiger partial charge >= 0.3 is 6.18 Å². The zero-order valence-electron chi connectivity index (χ0n) is 20.7. The normalized spacial score (nSPS) is 21.1. The van der Waals surface area contributed by atoms with Gasteiger partial charge in [-0.15, -0.1) is 22.6 Å². The molecule has 37 heavy (non-hydrogen) atoms. The number of rotatable bonds is 7. The lowest BCUT2D eigenvalue weighted by molar-refractivity contribution is -0.137. The molecule has 1 saturated heterocycles. The molecule has 2 heterocycles. The van der Waals surface area contributed by atoms with Crippen LogP contribution in [0.3, 0.4) is 0 Å². The highest BCUT2D eigenvalue weighted by Gasteiger charge is 2.60. The molecule has 4 aromatic rings. The van der Waals surface area contributed by atoms with Crippen LogP contribution in [0.5, 0.6) is 0 Å². The molecule has 0 radical (unpaired) electrons.